The van der Waals surface area contributed by atoms with Gasteiger partial charge in [0.25, 0.3) is 0 Å². The molecule has 0 aromatic heterocycles. The normalized spacial score (nSPS) is 20.1. The molecule has 1 fully saturated rings. The minimum Gasteiger partial charge on any atom is -0.385 e. The molecular weight excluding hydrogens is 346 g/mol. The van der Waals surface area contributed by atoms with E-state index in [4.69, 9.17) is 4.74 Å². The number of hydrogen-bond donors (Lipinski definition) is 0. The largest absolute Gasteiger partial charge is 0.385 e. The molecule has 4 nitrogen and oxygen atoms in total. The Kier molecular flexibility index (Phi) is 6.46. The molecule has 1 saturated heterocycles. The molecule has 0 aliphatic carbocycles. The Morgan fingerprint density at radius 2 is 1.85 bits per heavy atom. The Labute approximate surface area is 156 Å². The summed E-state index contributed by atoms with van der Waals surface area (Å²) in [5.41, 5.74) is 3.62. The monoisotopic (exact) mass is 373 g/mol. The lowest BCUT2D eigenvalue weighted by Gasteiger charge is -2.36. The molecule has 3 rings (SSSR count). The number of sulfone groups is 1. The van der Waals surface area contributed by atoms with E-state index in [-0.39, 0.29) is 17.5 Å². The number of ether oxygens (including phenoxy) is 1. The Balaban J connectivity index is 1.75. The average Bonchev–Trinajstić information content (AvgIpc) is 2.64. The third-order valence-corrected chi connectivity index (χ3v) is 6.55. The number of hydrogen-bond acceptors (Lipinski definition) is 4. The Morgan fingerprint density at radius 1 is 1.08 bits per heavy atom. The molecule has 2 aromatic rings. The maximum absolute atomic E-state index is 12.2. The molecule has 2 aromatic carbocycles. The first-order chi connectivity index (χ1) is 12.6. The maximum atomic E-state index is 12.2. The van der Waals surface area contributed by atoms with E-state index >= 15 is 0 Å². The summed E-state index contributed by atoms with van der Waals surface area (Å²) in [4.78, 5) is 2.30. The third-order valence-electron chi connectivity index (χ3n) is 4.92. The minimum absolute atomic E-state index is 0.0768. The summed E-state index contributed by atoms with van der Waals surface area (Å²) in [6, 6.07) is 18.5. The van der Waals surface area contributed by atoms with Crippen LogP contribution in [-0.2, 0) is 27.5 Å². The standard InChI is InChI=1S/C21H27NO3S/c1-25-13-6-9-18-7-5-8-19(15-18)16-22-12-14-26(23,24)17-21(22)20-10-3-2-4-11-20/h2-5,7-8,10-11,15,21H,6,9,12-14,16-17H2,1H3. The summed E-state index contributed by atoms with van der Waals surface area (Å²) >= 11 is 0. The van der Waals surface area contributed by atoms with Crippen molar-refractivity contribution in [3.63, 3.8) is 0 Å². The number of methoxy groups -OCH3 is 1. The van der Waals surface area contributed by atoms with Crippen molar-refractivity contribution in [2.45, 2.75) is 25.4 Å². The first kappa shape index (κ1) is 19.1. The lowest BCUT2D eigenvalue weighted by atomic mass is 10.0. The topological polar surface area (TPSA) is 46.6 Å². The predicted molar refractivity (Wildman–Crippen MR) is 105 cm³/mol. The lowest BCUT2D eigenvalue weighted by Crippen LogP contribution is -2.42. The molecule has 1 aliphatic heterocycles. The van der Waals surface area contributed by atoms with E-state index in [1.165, 1.54) is 11.1 Å². The molecule has 26 heavy (non-hydrogen) atoms. The van der Waals surface area contributed by atoms with Gasteiger partial charge in [0.15, 0.2) is 9.84 Å². The second-order valence-corrected chi connectivity index (χ2v) is 9.16. The molecule has 0 saturated carbocycles. The van der Waals surface area contributed by atoms with Crippen LogP contribution in [0.5, 0.6) is 0 Å². The molecule has 0 bridgehead atoms. The van der Waals surface area contributed by atoms with Crippen molar-refractivity contribution in [2.75, 3.05) is 31.8 Å². The molecule has 1 unspecified atom stereocenters. The minimum atomic E-state index is -2.98. The summed E-state index contributed by atoms with van der Waals surface area (Å²) in [6.45, 7) is 2.12. The van der Waals surface area contributed by atoms with Crippen molar-refractivity contribution >= 4 is 9.84 Å². The van der Waals surface area contributed by atoms with E-state index in [1.807, 2.05) is 30.3 Å². The van der Waals surface area contributed by atoms with Crippen LogP contribution in [-0.4, -0.2) is 45.1 Å². The zero-order valence-electron chi connectivity index (χ0n) is 15.3. The van der Waals surface area contributed by atoms with Gasteiger partial charge in [-0.1, -0.05) is 54.6 Å². The van der Waals surface area contributed by atoms with Crippen molar-refractivity contribution in [1.82, 2.24) is 4.90 Å². The van der Waals surface area contributed by atoms with Crippen molar-refractivity contribution < 1.29 is 13.2 Å². The van der Waals surface area contributed by atoms with E-state index < -0.39 is 9.84 Å². The number of aryl methyl sites for hydroxylation is 1. The molecule has 140 valence electrons. The molecule has 0 N–H and O–H groups in total. The zero-order chi connectivity index (χ0) is 18.4. The second kappa shape index (κ2) is 8.80. The zero-order valence-corrected chi connectivity index (χ0v) is 16.1. The smallest absolute Gasteiger partial charge is 0.153 e. The molecule has 5 heteroatoms. The van der Waals surface area contributed by atoms with Gasteiger partial charge in [-0.2, -0.15) is 0 Å². The fraction of sp³-hybridized carbons (Fsp3) is 0.429. The summed E-state index contributed by atoms with van der Waals surface area (Å²) in [5, 5.41) is 0. The van der Waals surface area contributed by atoms with E-state index in [9.17, 15) is 8.42 Å². The van der Waals surface area contributed by atoms with Crippen LogP contribution < -0.4 is 0 Å². The van der Waals surface area contributed by atoms with Crippen LogP contribution in [0.1, 0.15) is 29.2 Å². The van der Waals surface area contributed by atoms with Crippen LogP contribution in [0.4, 0.5) is 0 Å². The summed E-state index contributed by atoms with van der Waals surface area (Å²) in [6.07, 6.45) is 2.01. The Morgan fingerprint density at radius 3 is 2.62 bits per heavy atom. The first-order valence-electron chi connectivity index (χ1n) is 9.13. The fourth-order valence-corrected chi connectivity index (χ4v) is 5.12. The van der Waals surface area contributed by atoms with Crippen molar-refractivity contribution in [2.24, 2.45) is 0 Å². The Hall–Kier alpha value is -1.69. The highest BCUT2D eigenvalue weighted by Gasteiger charge is 2.32. The van der Waals surface area contributed by atoms with Gasteiger partial charge in [-0.05, 0) is 29.5 Å². The summed E-state index contributed by atoms with van der Waals surface area (Å²) < 4.78 is 29.5. The Bertz CT molecular complexity index is 805. The van der Waals surface area contributed by atoms with Crippen LogP contribution in [0.25, 0.3) is 0 Å². The molecule has 1 heterocycles. The SMILES string of the molecule is COCCCc1cccc(CN2CCS(=O)(=O)CC2c2ccccc2)c1. The van der Waals surface area contributed by atoms with Crippen molar-refractivity contribution in [3.05, 3.63) is 71.3 Å². The summed E-state index contributed by atoms with van der Waals surface area (Å²) in [7, 11) is -1.26. The molecule has 0 amide bonds. The highest BCUT2D eigenvalue weighted by atomic mass is 32.2. The molecular formula is C21H27NO3S. The number of rotatable bonds is 7. The van der Waals surface area contributed by atoms with E-state index in [2.05, 4.69) is 29.2 Å². The van der Waals surface area contributed by atoms with Gasteiger partial charge in [0, 0.05) is 32.8 Å². The second-order valence-electron chi connectivity index (χ2n) is 6.93. The third kappa shape index (κ3) is 5.16. The number of nitrogens with zero attached hydrogens (tertiary/aromatic N) is 1. The van der Waals surface area contributed by atoms with Crippen LogP contribution >= 0.6 is 0 Å². The van der Waals surface area contributed by atoms with Crippen LogP contribution in [0.15, 0.2) is 54.6 Å². The van der Waals surface area contributed by atoms with Crippen LogP contribution in [0.3, 0.4) is 0 Å². The van der Waals surface area contributed by atoms with Gasteiger partial charge in [-0.25, -0.2) is 8.42 Å². The molecule has 0 spiro atoms. The van der Waals surface area contributed by atoms with Gasteiger partial charge >= 0.3 is 0 Å². The van der Waals surface area contributed by atoms with E-state index in [1.54, 1.807) is 7.11 Å². The van der Waals surface area contributed by atoms with Gasteiger partial charge < -0.3 is 4.74 Å². The summed E-state index contributed by atoms with van der Waals surface area (Å²) in [5.74, 6) is 0.439. The number of benzene rings is 2. The van der Waals surface area contributed by atoms with Gasteiger partial charge in [-0.15, -0.1) is 0 Å². The highest BCUT2D eigenvalue weighted by Crippen LogP contribution is 2.28. The van der Waals surface area contributed by atoms with Gasteiger partial charge in [-0.3, -0.25) is 4.90 Å². The fourth-order valence-electron chi connectivity index (χ4n) is 3.55. The van der Waals surface area contributed by atoms with Gasteiger partial charge in [0.1, 0.15) is 0 Å². The van der Waals surface area contributed by atoms with E-state index in [0.717, 1.165) is 31.6 Å². The highest BCUT2D eigenvalue weighted by molar-refractivity contribution is 7.91. The van der Waals surface area contributed by atoms with E-state index in [0.29, 0.717) is 6.54 Å². The van der Waals surface area contributed by atoms with Gasteiger partial charge in [0.2, 0.25) is 0 Å². The lowest BCUT2D eigenvalue weighted by molar-refractivity contribution is 0.195. The van der Waals surface area contributed by atoms with Crippen molar-refractivity contribution in [1.29, 1.82) is 0 Å². The molecule has 1 atom stereocenters. The molecule has 1 aliphatic rings. The quantitative estimate of drug-likeness (QED) is 0.699. The van der Waals surface area contributed by atoms with Crippen molar-refractivity contribution in [3.8, 4) is 0 Å². The van der Waals surface area contributed by atoms with Gasteiger partial charge in [0.05, 0.1) is 11.5 Å². The predicted octanol–water partition coefficient (Wildman–Crippen LogP) is 3.24. The first-order valence-corrected chi connectivity index (χ1v) is 11.0. The molecule has 0 radical (unpaired) electrons. The van der Waals surface area contributed by atoms with Crippen LogP contribution in [0, 0.1) is 0 Å². The average molecular weight is 374 g/mol. The maximum Gasteiger partial charge on any atom is 0.153 e. The van der Waals surface area contributed by atoms with Crippen LogP contribution in [0.2, 0.25) is 0 Å².